The van der Waals surface area contributed by atoms with Crippen LogP contribution in [0.1, 0.15) is 41.5 Å². The fourth-order valence-electron chi connectivity index (χ4n) is 2.17. The number of nitrogens with zero attached hydrogens (tertiary/aromatic N) is 1. The Kier molecular flexibility index (Phi) is 3.19. The maximum Gasteiger partial charge on any atom is 0.255 e. The zero-order valence-electron chi connectivity index (χ0n) is 10.6. The third kappa shape index (κ3) is 2.49. The van der Waals surface area contributed by atoms with Gasteiger partial charge >= 0.3 is 0 Å². The SMILES string of the molecule is Cc1n[nH]c(C)c1C(=O)NC1(C)CCOCC1. The smallest absolute Gasteiger partial charge is 0.255 e. The molecule has 0 atom stereocenters. The molecule has 5 nitrogen and oxygen atoms in total. The van der Waals surface area contributed by atoms with Gasteiger partial charge in [-0.3, -0.25) is 9.89 Å². The van der Waals surface area contributed by atoms with Crippen LogP contribution in [-0.4, -0.2) is 34.9 Å². The van der Waals surface area contributed by atoms with Crippen molar-refractivity contribution in [3.05, 3.63) is 17.0 Å². The van der Waals surface area contributed by atoms with E-state index in [1.165, 1.54) is 0 Å². The Balaban J connectivity index is 2.11. The van der Waals surface area contributed by atoms with Gasteiger partial charge in [-0.1, -0.05) is 0 Å². The van der Waals surface area contributed by atoms with Crippen molar-refractivity contribution in [2.24, 2.45) is 0 Å². The van der Waals surface area contributed by atoms with Crippen LogP contribution in [0.5, 0.6) is 0 Å². The molecule has 1 amide bonds. The molecule has 0 aromatic carbocycles. The summed E-state index contributed by atoms with van der Waals surface area (Å²) >= 11 is 0. The highest BCUT2D eigenvalue weighted by Gasteiger charge is 2.30. The third-order valence-corrected chi connectivity index (χ3v) is 3.37. The van der Waals surface area contributed by atoms with E-state index in [0.717, 1.165) is 24.2 Å². The molecule has 1 fully saturated rings. The van der Waals surface area contributed by atoms with Crippen LogP contribution in [-0.2, 0) is 4.74 Å². The van der Waals surface area contributed by atoms with E-state index in [4.69, 9.17) is 4.74 Å². The molecule has 0 spiro atoms. The topological polar surface area (TPSA) is 67.0 Å². The molecule has 0 aliphatic carbocycles. The van der Waals surface area contributed by atoms with Crippen molar-refractivity contribution in [2.45, 2.75) is 39.2 Å². The number of nitrogens with one attached hydrogen (secondary N) is 2. The lowest BCUT2D eigenvalue weighted by molar-refractivity contribution is 0.0422. The number of hydrogen-bond donors (Lipinski definition) is 2. The van der Waals surface area contributed by atoms with Crippen LogP contribution in [0.3, 0.4) is 0 Å². The molecule has 1 aliphatic heterocycles. The maximum atomic E-state index is 12.2. The standard InChI is InChI=1S/C12H19N3O2/c1-8-10(9(2)15-14-8)11(16)13-12(3)4-6-17-7-5-12/h4-7H2,1-3H3,(H,13,16)(H,14,15). The summed E-state index contributed by atoms with van der Waals surface area (Å²) in [5.41, 5.74) is 2.06. The minimum Gasteiger partial charge on any atom is -0.381 e. The van der Waals surface area contributed by atoms with Crippen molar-refractivity contribution < 1.29 is 9.53 Å². The second-order valence-corrected chi connectivity index (χ2v) is 4.94. The van der Waals surface area contributed by atoms with Gasteiger partial charge in [-0.05, 0) is 33.6 Å². The van der Waals surface area contributed by atoms with Gasteiger partial charge in [-0.25, -0.2) is 0 Å². The number of hydrogen-bond acceptors (Lipinski definition) is 3. The number of aryl methyl sites for hydroxylation is 2. The Hall–Kier alpha value is -1.36. The Morgan fingerprint density at radius 2 is 2.06 bits per heavy atom. The third-order valence-electron chi connectivity index (χ3n) is 3.37. The number of carbonyl (C=O) groups is 1. The van der Waals surface area contributed by atoms with E-state index in [1.54, 1.807) is 0 Å². The molecule has 2 rings (SSSR count). The van der Waals surface area contributed by atoms with Crippen molar-refractivity contribution in [3.63, 3.8) is 0 Å². The van der Waals surface area contributed by atoms with Crippen LogP contribution in [0, 0.1) is 13.8 Å². The van der Waals surface area contributed by atoms with Gasteiger partial charge < -0.3 is 10.1 Å². The Bertz CT molecular complexity index is 400. The molecule has 2 heterocycles. The van der Waals surface area contributed by atoms with E-state index in [0.29, 0.717) is 18.8 Å². The highest BCUT2D eigenvalue weighted by atomic mass is 16.5. The number of rotatable bonds is 2. The summed E-state index contributed by atoms with van der Waals surface area (Å²) in [7, 11) is 0. The predicted octanol–water partition coefficient (Wildman–Crippen LogP) is 1.33. The molecule has 1 aliphatic rings. The summed E-state index contributed by atoms with van der Waals surface area (Å²) in [5, 5.41) is 9.97. The van der Waals surface area contributed by atoms with Gasteiger partial charge in [0.25, 0.3) is 5.91 Å². The summed E-state index contributed by atoms with van der Waals surface area (Å²) in [4.78, 5) is 12.2. The number of ether oxygens (including phenoxy) is 1. The Morgan fingerprint density at radius 1 is 1.41 bits per heavy atom. The Morgan fingerprint density at radius 3 is 2.59 bits per heavy atom. The van der Waals surface area contributed by atoms with Crippen molar-refractivity contribution in [2.75, 3.05) is 13.2 Å². The van der Waals surface area contributed by atoms with Gasteiger partial charge in [0.15, 0.2) is 0 Å². The maximum absolute atomic E-state index is 12.2. The van der Waals surface area contributed by atoms with E-state index in [2.05, 4.69) is 22.4 Å². The fraction of sp³-hybridized carbons (Fsp3) is 0.667. The normalized spacial score (nSPS) is 19.0. The van der Waals surface area contributed by atoms with Gasteiger partial charge in [-0.2, -0.15) is 5.10 Å². The van der Waals surface area contributed by atoms with Gasteiger partial charge in [0.1, 0.15) is 0 Å². The van der Waals surface area contributed by atoms with Gasteiger partial charge in [0, 0.05) is 24.4 Å². The predicted molar refractivity (Wildman–Crippen MR) is 64.0 cm³/mol. The largest absolute Gasteiger partial charge is 0.381 e. The molecule has 5 heteroatoms. The summed E-state index contributed by atoms with van der Waals surface area (Å²) in [5.74, 6) is -0.0434. The summed E-state index contributed by atoms with van der Waals surface area (Å²) in [6.07, 6.45) is 1.71. The molecule has 0 radical (unpaired) electrons. The van der Waals surface area contributed by atoms with Gasteiger partial charge in [-0.15, -0.1) is 0 Å². The van der Waals surface area contributed by atoms with Crippen LogP contribution < -0.4 is 5.32 Å². The zero-order valence-corrected chi connectivity index (χ0v) is 10.6. The van der Waals surface area contributed by atoms with Crippen LogP contribution in [0.4, 0.5) is 0 Å². The molecule has 0 unspecified atom stereocenters. The molecule has 1 saturated heterocycles. The Labute approximate surface area is 101 Å². The number of carbonyl (C=O) groups excluding carboxylic acids is 1. The second kappa shape index (κ2) is 4.49. The van der Waals surface area contributed by atoms with Crippen molar-refractivity contribution in [1.82, 2.24) is 15.5 Å². The second-order valence-electron chi connectivity index (χ2n) is 4.94. The van der Waals surface area contributed by atoms with E-state index in [-0.39, 0.29) is 11.4 Å². The zero-order chi connectivity index (χ0) is 12.5. The molecular weight excluding hydrogens is 218 g/mol. The highest BCUT2D eigenvalue weighted by Crippen LogP contribution is 2.21. The molecule has 94 valence electrons. The van der Waals surface area contributed by atoms with E-state index in [9.17, 15) is 4.79 Å². The minimum absolute atomic E-state index is 0.0434. The molecule has 1 aromatic heterocycles. The monoisotopic (exact) mass is 237 g/mol. The van der Waals surface area contributed by atoms with E-state index < -0.39 is 0 Å². The molecule has 2 N–H and O–H groups in total. The van der Waals surface area contributed by atoms with Crippen LogP contribution in [0.25, 0.3) is 0 Å². The lowest BCUT2D eigenvalue weighted by Gasteiger charge is -2.34. The van der Waals surface area contributed by atoms with Crippen molar-refractivity contribution in [3.8, 4) is 0 Å². The summed E-state index contributed by atoms with van der Waals surface area (Å²) in [6, 6.07) is 0. The molecular formula is C12H19N3O2. The number of amides is 1. The summed E-state index contributed by atoms with van der Waals surface area (Å²) in [6.45, 7) is 7.18. The number of aromatic nitrogens is 2. The van der Waals surface area contributed by atoms with Gasteiger partial charge in [0.05, 0.1) is 11.3 Å². The first-order chi connectivity index (χ1) is 8.02. The van der Waals surface area contributed by atoms with Crippen LogP contribution >= 0.6 is 0 Å². The van der Waals surface area contributed by atoms with E-state index >= 15 is 0 Å². The molecule has 0 saturated carbocycles. The highest BCUT2D eigenvalue weighted by molar-refractivity contribution is 5.96. The molecule has 1 aromatic rings. The van der Waals surface area contributed by atoms with Crippen LogP contribution in [0.15, 0.2) is 0 Å². The first-order valence-corrected chi connectivity index (χ1v) is 5.94. The first-order valence-electron chi connectivity index (χ1n) is 5.94. The quantitative estimate of drug-likeness (QED) is 0.815. The minimum atomic E-state index is -0.161. The lowest BCUT2D eigenvalue weighted by Crippen LogP contribution is -2.49. The molecule has 17 heavy (non-hydrogen) atoms. The summed E-state index contributed by atoms with van der Waals surface area (Å²) < 4.78 is 5.31. The first kappa shape index (κ1) is 12.1. The van der Waals surface area contributed by atoms with Gasteiger partial charge in [0.2, 0.25) is 0 Å². The average Bonchev–Trinajstić information content (AvgIpc) is 2.58. The van der Waals surface area contributed by atoms with Crippen molar-refractivity contribution >= 4 is 5.91 Å². The van der Waals surface area contributed by atoms with Crippen LogP contribution in [0.2, 0.25) is 0 Å². The fourth-order valence-corrected chi connectivity index (χ4v) is 2.17. The van der Waals surface area contributed by atoms with E-state index in [1.807, 2.05) is 13.8 Å². The number of H-pyrrole nitrogens is 1. The lowest BCUT2D eigenvalue weighted by atomic mass is 9.92. The average molecular weight is 237 g/mol. The van der Waals surface area contributed by atoms with Crippen molar-refractivity contribution in [1.29, 1.82) is 0 Å². The molecule has 0 bridgehead atoms. The number of aromatic amines is 1.